The molecule has 39 heavy (non-hydrogen) atoms. The van der Waals surface area contributed by atoms with E-state index < -0.39 is 52.1 Å². The minimum Gasteiger partial charge on any atom is -0.480 e. The number of amides is 2. The van der Waals surface area contributed by atoms with Gasteiger partial charge in [0.1, 0.15) is 12.8 Å². The molecule has 4 N–H and O–H groups in total. The Labute approximate surface area is 232 Å². The second kappa shape index (κ2) is 12.2. The lowest BCUT2D eigenvalue weighted by atomic mass is 10.1. The zero-order valence-corrected chi connectivity index (χ0v) is 23.0. The molecule has 4 rings (SSSR count). The number of carbonyl (C=O) groups excluding carboxylic acids is 2. The van der Waals surface area contributed by atoms with Gasteiger partial charge in [-0.15, -0.1) is 12.4 Å². The monoisotopic (exact) mass is 581 g/mol. The molecule has 2 aromatic rings. The number of aliphatic carboxylic acids is 1. The molecule has 1 aliphatic carbocycles. The number of morpholine rings is 1. The number of nitrogens with two attached hydrogens (primary N) is 1. The molecule has 0 bridgehead atoms. The van der Waals surface area contributed by atoms with Crippen LogP contribution in [0, 0.1) is 5.41 Å². The lowest BCUT2D eigenvalue weighted by Gasteiger charge is -2.38. The van der Waals surface area contributed by atoms with Crippen LogP contribution < -0.4 is 5.73 Å². The SMILES string of the molecule is CN(C(=O)C[C@@H](C(=O)N(CC(=O)O)C1CC1)S(=O)(=O)c1ccc2ccccc2c1)C1CN(C(=N)N)CCO1.Cl. The standard InChI is InChI=1S/C25H31N5O7S.ClH/c1-28(22-14-29(25(26)27)10-11-37-22)21(31)13-20(24(34)30(15-23(32)33)18-7-8-18)38(35,36)19-9-6-16-4-2-3-5-17(16)12-19;/h2-6,9,12,18,20,22H,7-8,10-11,13-15H2,1H3,(H3,26,27)(H,32,33);1H/t20-,22?;/m0./s1. The van der Waals surface area contributed by atoms with Gasteiger partial charge in [0.2, 0.25) is 11.8 Å². The van der Waals surface area contributed by atoms with Crippen molar-refractivity contribution in [2.24, 2.45) is 5.73 Å². The predicted octanol–water partition coefficient (Wildman–Crippen LogP) is 0.880. The van der Waals surface area contributed by atoms with Gasteiger partial charge >= 0.3 is 5.97 Å². The Morgan fingerprint density at radius 2 is 1.85 bits per heavy atom. The first kappa shape index (κ1) is 30.1. The molecule has 1 saturated heterocycles. The topological polar surface area (TPSA) is 174 Å². The maximum atomic E-state index is 13.9. The van der Waals surface area contributed by atoms with Crippen molar-refractivity contribution >= 4 is 56.8 Å². The largest absolute Gasteiger partial charge is 0.480 e. The molecule has 2 aliphatic rings. The number of hydrogen-bond donors (Lipinski definition) is 3. The van der Waals surface area contributed by atoms with Crippen LogP contribution in [0.1, 0.15) is 19.3 Å². The third-order valence-corrected chi connectivity index (χ3v) is 8.88. The van der Waals surface area contributed by atoms with E-state index in [1.807, 2.05) is 12.1 Å². The number of guanidine groups is 1. The highest BCUT2D eigenvalue weighted by Crippen LogP contribution is 2.31. The minimum atomic E-state index is -4.40. The van der Waals surface area contributed by atoms with E-state index in [2.05, 4.69) is 0 Å². The Balaban J connectivity index is 0.00000420. The van der Waals surface area contributed by atoms with Crippen LogP contribution in [0.5, 0.6) is 0 Å². The smallest absolute Gasteiger partial charge is 0.323 e. The summed E-state index contributed by atoms with van der Waals surface area (Å²) in [7, 11) is -2.97. The molecular weight excluding hydrogens is 550 g/mol. The molecule has 2 aromatic carbocycles. The van der Waals surface area contributed by atoms with Gasteiger partial charge in [-0.25, -0.2) is 8.42 Å². The average Bonchev–Trinajstić information content (AvgIpc) is 3.74. The van der Waals surface area contributed by atoms with Crippen molar-refractivity contribution in [1.82, 2.24) is 14.7 Å². The number of benzene rings is 2. The van der Waals surface area contributed by atoms with Crippen molar-refractivity contribution in [1.29, 1.82) is 5.41 Å². The third-order valence-electron chi connectivity index (χ3n) is 6.85. The molecule has 1 saturated carbocycles. The van der Waals surface area contributed by atoms with Crippen molar-refractivity contribution in [2.45, 2.75) is 41.7 Å². The predicted molar refractivity (Wildman–Crippen MR) is 145 cm³/mol. The fraction of sp³-hybridized carbons (Fsp3) is 0.440. The number of sulfone groups is 1. The zero-order chi connectivity index (χ0) is 27.6. The first-order valence-corrected chi connectivity index (χ1v) is 13.7. The summed E-state index contributed by atoms with van der Waals surface area (Å²) in [5.41, 5.74) is 5.57. The van der Waals surface area contributed by atoms with Gasteiger partial charge < -0.3 is 30.3 Å². The number of nitrogens with one attached hydrogen (secondary N) is 1. The average molecular weight is 582 g/mol. The molecule has 2 amide bonds. The molecule has 12 nitrogen and oxygen atoms in total. The number of ether oxygens (including phenoxy) is 1. The summed E-state index contributed by atoms with van der Waals surface area (Å²) >= 11 is 0. The number of rotatable bonds is 9. The Morgan fingerprint density at radius 3 is 2.46 bits per heavy atom. The van der Waals surface area contributed by atoms with Crippen LogP contribution in [0.25, 0.3) is 10.8 Å². The summed E-state index contributed by atoms with van der Waals surface area (Å²) in [4.78, 5) is 42.1. The second-order valence-corrected chi connectivity index (χ2v) is 11.6. The van der Waals surface area contributed by atoms with Crippen molar-refractivity contribution in [3.8, 4) is 0 Å². The lowest BCUT2D eigenvalue weighted by Crippen LogP contribution is -2.55. The van der Waals surface area contributed by atoms with Gasteiger partial charge in [-0.05, 0) is 35.7 Å². The number of carboxylic acids is 1. The highest BCUT2D eigenvalue weighted by atomic mass is 35.5. The highest BCUT2D eigenvalue weighted by Gasteiger charge is 2.44. The second-order valence-electron chi connectivity index (χ2n) is 9.50. The summed E-state index contributed by atoms with van der Waals surface area (Å²) in [5.74, 6) is -3.04. The summed E-state index contributed by atoms with van der Waals surface area (Å²) < 4.78 is 33.4. The van der Waals surface area contributed by atoms with Gasteiger partial charge in [-0.3, -0.25) is 19.8 Å². The van der Waals surface area contributed by atoms with E-state index in [1.54, 1.807) is 18.2 Å². The van der Waals surface area contributed by atoms with Crippen LogP contribution in [0.4, 0.5) is 0 Å². The van der Waals surface area contributed by atoms with Gasteiger partial charge in [-0.2, -0.15) is 0 Å². The van der Waals surface area contributed by atoms with E-state index in [0.717, 1.165) is 10.3 Å². The fourth-order valence-electron chi connectivity index (χ4n) is 4.49. The number of carbonyl (C=O) groups is 3. The van der Waals surface area contributed by atoms with Gasteiger partial charge in [0.05, 0.1) is 24.5 Å². The van der Waals surface area contributed by atoms with Crippen molar-refractivity contribution in [2.75, 3.05) is 33.3 Å². The molecule has 14 heteroatoms. The number of nitrogens with zero attached hydrogens (tertiary/aromatic N) is 3. The van der Waals surface area contributed by atoms with Crippen LogP contribution in [-0.4, -0.2) is 103 Å². The molecule has 212 valence electrons. The van der Waals surface area contributed by atoms with E-state index in [1.165, 1.54) is 29.0 Å². The van der Waals surface area contributed by atoms with Gasteiger partial charge in [0.25, 0.3) is 0 Å². The van der Waals surface area contributed by atoms with Crippen molar-refractivity contribution < 1.29 is 32.6 Å². The number of likely N-dealkylation sites (N-methyl/N-ethyl adjacent to an activating group) is 1. The molecule has 1 heterocycles. The Bertz CT molecular complexity index is 1370. The van der Waals surface area contributed by atoms with Crippen molar-refractivity contribution in [3.63, 3.8) is 0 Å². The molecule has 0 aromatic heterocycles. The summed E-state index contributed by atoms with van der Waals surface area (Å²) in [6.07, 6.45) is -0.385. The van der Waals surface area contributed by atoms with Gasteiger partial charge in [-0.1, -0.05) is 30.3 Å². The molecule has 0 spiro atoms. The summed E-state index contributed by atoms with van der Waals surface area (Å²) in [5, 5.41) is 16.6. The Kier molecular flexibility index (Phi) is 9.41. The van der Waals surface area contributed by atoms with Crippen LogP contribution in [-0.2, 0) is 29.0 Å². The molecule has 2 fully saturated rings. The maximum Gasteiger partial charge on any atom is 0.323 e. The van der Waals surface area contributed by atoms with Crippen LogP contribution in [0.2, 0.25) is 0 Å². The first-order valence-electron chi connectivity index (χ1n) is 12.2. The van der Waals surface area contributed by atoms with Gasteiger partial charge in [0.15, 0.2) is 21.0 Å². The molecule has 2 atom stereocenters. The number of carboxylic acid groups (broad SMARTS) is 1. The van der Waals surface area contributed by atoms with Gasteiger partial charge in [0, 0.05) is 19.6 Å². The zero-order valence-electron chi connectivity index (χ0n) is 21.4. The number of hydrogen-bond acceptors (Lipinski definition) is 7. The van der Waals surface area contributed by atoms with E-state index in [0.29, 0.717) is 24.8 Å². The van der Waals surface area contributed by atoms with Crippen LogP contribution in [0.3, 0.4) is 0 Å². The van der Waals surface area contributed by atoms with Crippen molar-refractivity contribution in [3.05, 3.63) is 42.5 Å². The number of halogens is 1. The third kappa shape index (κ3) is 6.78. The maximum absolute atomic E-state index is 13.9. The molecule has 0 radical (unpaired) electrons. The normalized spacial score (nSPS) is 18.1. The lowest BCUT2D eigenvalue weighted by molar-refractivity contribution is -0.151. The van der Waals surface area contributed by atoms with E-state index in [4.69, 9.17) is 15.9 Å². The highest BCUT2D eigenvalue weighted by molar-refractivity contribution is 7.92. The molecular formula is C25H32ClN5O7S. The van der Waals surface area contributed by atoms with E-state index in [-0.39, 0.29) is 42.5 Å². The van der Waals surface area contributed by atoms with Crippen LogP contribution in [0.15, 0.2) is 47.4 Å². The first-order chi connectivity index (χ1) is 18.0. The number of fused-ring (bicyclic) bond motifs is 1. The quantitative estimate of drug-likeness (QED) is 0.287. The Morgan fingerprint density at radius 1 is 1.18 bits per heavy atom. The Hall–Kier alpha value is -3.42. The summed E-state index contributed by atoms with van der Waals surface area (Å²) in [6.45, 7) is 0.0297. The minimum absolute atomic E-state index is 0. The fourth-order valence-corrected chi connectivity index (χ4v) is 6.13. The van der Waals surface area contributed by atoms with Crippen LogP contribution >= 0.6 is 12.4 Å². The molecule has 1 aliphatic heterocycles. The van der Waals surface area contributed by atoms with E-state index in [9.17, 15) is 27.9 Å². The molecule has 1 unspecified atom stereocenters. The van der Waals surface area contributed by atoms with E-state index >= 15 is 0 Å². The summed E-state index contributed by atoms with van der Waals surface area (Å²) in [6, 6.07) is 11.2.